The lowest BCUT2D eigenvalue weighted by atomic mass is 10.0. The van der Waals surface area contributed by atoms with Crippen molar-refractivity contribution in [3.63, 3.8) is 0 Å². The van der Waals surface area contributed by atoms with Gasteiger partial charge in [-0.3, -0.25) is 4.68 Å². The van der Waals surface area contributed by atoms with Crippen LogP contribution >= 0.6 is 15.9 Å². The van der Waals surface area contributed by atoms with Gasteiger partial charge in [-0.2, -0.15) is 5.10 Å². The molecule has 2 rings (SSSR count). The van der Waals surface area contributed by atoms with Gasteiger partial charge in [-0.1, -0.05) is 12.8 Å². The highest BCUT2D eigenvalue weighted by molar-refractivity contribution is 9.10. The lowest BCUT2D eigenvalue weighted by Crippen LogP contribution is -2.01. The summed E-state index contributed by atoms with van der Waals surface area (Å²) in [6, 6.07) is 2.15. The predicted molar refractivity (Wildman–Crippen MR) is 52.1 cm³/mol. The first kappa shape index (κ1) is 8.30. The fourth-order valence-corrected chi connectivity index (χ4v) is 2.52. The molecule has 1 fully saturated rings. The highest BCUT2D eigenvalue weighted by Crippen LogP contribution is 2.34. The van der Waals surface area contributed by atoms with E-state index in [-0.39, 0.29) is 0 Å². The van der Waals surface area contributed by atoms with Crippen molar-refractivity contribution in [2.45, 2.75) is 31.6 Å². The standard InChI is InChI=1S/C9H13BrN2/c1-12-8(6-9(10)11-12)7-4-2-3-5-7/h6-7H,2-5H2,1H3. The second-order valence-corrected chi connectivity index (χ2v) is 4.31. The fraction of sp³-hybridized carbons (Fsp3) is 0.667. The second kappa shape index (κ2) is 3.21. The quantitative estimate of drug-likeness (QED) is 0.723. The second-order valence-electron chi connectivity index (χ2n) is 3.50. The zero-order chi connectivity index (χ0) is 8.55. The van der Waals surface area contributed by atoms with Crippen molar-refractivity contribution in [2.24, 2.45) is 7.05 Å². The van der Waals surface area contributed by atoms with Crippen LogP contribution in [0.3, 0.4) is 0 Å². The fourth-order valence-electron chi connectivity index (χ4n) is 2.05. The Hall–Kier alpha value is -0.310. The Morgan fingerprint density at radius 2 is 2.17 bits per heavy atom. The number of aromatic nitrogens is 2. The maximum Gasteiger partial charge on any atom is 0.128 e. The Bertz CT molecular complexity index is 274. The van der Waals surface area contributed by atoms with E-state index < -0.39 is 0 Å². The molecule has 0 radical (unpaired) electrons. The number of halogens is 1. The Labute approximate surface area is 81.1 Å². The smallest absolute Gasteiger partial charge is 0.128 e. The molecule has 0 spiro atoms. The molecule has 2 nitrogen and oxygen atoms in total. The van der Waals surface area contributed by atoms with E-state index in [4.69, 9.17) is 0 Å². The third-order valence-corrected chi connectivity index (χ3v) is 3.05. The predicted octanol–water partition coefficient (Wildman–Crippen LogP) is 2.84. The van der Waals surface area contributed by atoms with Gasteiger partial charge in [0.2, 0.25) is 0 Å². The van der Waals surface area contributed by atoms with Gasteiger partial charge in [-0.25, -0.2) is 0 Å². The Morgan fingerprint density at radius 3 is 2.67 bits per heavy atom. The molecule has 1 aromatic heterocycles. The van der Waals surface area contributed by atoms with Crippen molar-refractivity contribution in [2.75, 3.05) is 0 Å². The van der Waals surface area contributed by atoms with Gasteiger partial charge in [-0.15, -0.1) is 0 Å². The van der Waals surface area contributed by atoms with Gasteiger partial charge < -0.3 is 0 Å². The number of rotatable bonds is 1. The minimum absolute atomic E-state index is 0.758. The zero-order valence-electron chi connectivity index (χ0n) is 7.26. The van der Waals surface area contributed by atoms with Gasteiger partial charge in [0.1, 0.15) is 4.60 Å². The van der Waals surface area contributed by atoms with Crippen molar-refractivity contribution in [1.82, 2.24) is 9.78 Å². The molecule has 0 unspecified atom stereocenters. The summed E-state index contributed by atoms with van der Waals surface area (Å²) in [4.78, 5) is 0. The molecule has 0 bridgehead atoms. The van der Waals surface area contributed by atoms with Crippen LogP contribution in [0.1, 0.15) is 37.3 Å². The molecule has 1 aromatic rings. The molecule has 0 aliphatic heterocycles. The summed E-state index contributed by atoms with van der Waals surface area (Å²) in [7, 11) is 2.03. The van der Waals surface area contributed by atoms with Gasteiger partial charge in [0.25, 0.3) is 0 Å². The highest BCUT2D eigenvalue weighted by Gasteiger charge is 2.20. The third kappa shape index (κ3) is 1.42. The molecule has 0 aromatic carbocycles. The van der Waals surface area contributed by atoms with E-state index in [1.807, 2.05) is 11.7 Å². The molecule has 1 aliphatic carbocycles. The van der Waals surface area contributed by atoms with E-state index >= 15 is 0 Å². The maximum absolute atomic E-state index is 4.29. The van der Waals surface area contributed by atoms with Crippen molar-refractivity contribution < 1.29 is 0 Å². The van der Waals surface area contributed by atoms with Gasteiger partial charge in [-0.05, 0) is 34.8 Å². The average molecular weight is 229 g/mol. The third-order valence-electron chi connectivity index (χ3n) is 2.66. The van der Waals surface area contributed by atoms with E-state index in [0.29, 0.717) is 0 Å². The molecule has 0 amide bonds. The molecule has 66 valence electrons. The van der Waals surface area contributed by atoms with Gasteiger partial charge in [0.05, 0.1) is 0 Å². The Kier molecular flexibility index (Phi) is 2.22. The van der Waals surface area contributed by atoms with Crippen LogP contribution in [-0.4, -0.2) is 9.78 Å². The SMILES string of the molecule is Cn1nc(Br)cc1C1CCCC1. The molecule has 0 atom stereocenters. The molecule has 12 heavy (non-hydrogen) atoms. The van der Waals surface area contributed by atoms with Crippen LogP contribution in [-0.2, 0) is 7.05 Å². The van der Waals surface area contributed by atoms with Crippen LogP contribution < -0.4 is 0 Å². The Morgan fingerprint density at radius 1 is 1.50 bits per heavy atom. The molecule has 1 aliphatic rings. The van der Waals surface area contributed by atoms with E-state index in [2.05, 4.69) is 27.1 Å². The van der Waals surface area contributed by atoms with Gasteiger partial charge in [0.15, 0.2) is 0 Å². The maximum atomic E-state index is 4.29. The summed E-state index contributed by atoms with van der Waals surface area (Å²) in [5, 5.41) is 4.29. The lowest BCUT2D eigenvalue weighted by Gasteiger charge is -2.07. The first-order chi connectivity index (χ1) is 5.77. The largest absolute Gasteiger partial charge is 0.271 e. The van der Waals surface area contributed by atoms with E-state index in [9.17, 15) is 0 Å². The molecule has 0 saturated heterocycles. The van der Waals surface area contributed by atoms with Crippen molar-refractivity contribution in [1.29, 1.82) is 0 Å². The lowest BCUT2D eigenvalue weighted by molar-refractivity contribution is 0.616. The normalized spacial score (nSPS) is 18.8. The van der Waals surface area contributed by atoms with Crippen molar-refractivity contribution >= 4 is 15.9 Å². The van der Waals surface area contributed by atoms with Gasteiger partial charge >= 0.3 is 0 Å². The minimum atomic E-state index is 0.758. The molecular formula is C9H13BrN2. The molecule has 1 heterocycles. The highest BCUT2D eigenvalue weighted by atomic mass is 79.9. The van der Waals surface area contributed by atoms with E-state index in [1.54, 1.807) is 0 Å². The summed E-state index contributed by atoms with van der Waals surface area (Å²) in [6.45, 7) is 0. The van der Waals surface area contributed by atoms with Crippen LogP contribution in [0, 0.1) is 0 Å². The number of hydrogen-bond donors (Lipinski definition) is 0. The summed E-state index contributed by atoms with van der Waals surface area (Å²) < 4.78 is 2.96. The molecule has 0 N–H and O–H groups in total. The van der Waals surface area contributed by atoms with Crippen LogP contribution in [0.4, 0.5) is 0 Å². The van der Waals surface area contributed by atoms with Crippen LogP contribution in [0.25, 0.3) is 0 Å². The van der Waals surface area contributed by atoms with E-state index in [1.165, 1.54) is 31.4 Å². The van der Waals surface area contributed by atoms with Crippen LogP contribution in [0.5, 0.6) is 0 Å². The number of nitrogens with zero attached hydrogens (tertiary/aromatic N) is 2. The van der Waals surface area contributed by atoms with Gasteiger partial charge in [0, 0.05) is 18.7 Å². The number of aryl methyl sites for hydroxylation is 1. The summed E-state index contributed by atoms with van der Waals surface area (Å²) in [6.07, 6.45) is 5.44. The topological polar surface area (TPSA) is 17.8 Å². The summed E-state index contributed by atoms with van der Waals surface area (Å²) in [5.41, 5.74) is 1.39. The molecule has 3 heteroatoms. The molecular weight excluding hydrogens is 216 g/mol. The van der Waals surface area contributed by atoms with Crippen LogP contribution in [0.2, 0.25) is 0 Å². The van der Waals surface area contributed by atoms with E-state index in [0.717, 1.165) is 10.5 Å². The average Bonchev–Trinajstić information content (AvgIpc) is 2.58. The first-order valence-corrected chi connectivity index (χ1v) is 5.26. The molecule has 1 saturated carbocycles. The first-order valence-electron chi connectivity index (χ1n) is 4.47. The van der Waals surface area contributed by atoms with Crippen LogP contribution in [0.15, 0.2) is 10.7 Å². The zero-order valence-corrected chi connectivity index (χ0v) is 8.84. The number of hydrogen-bond acceptors (Lipinski definition) is 1. The summed E-state index contributed by atoms with van der Waals surface area (Å²) >= 11 is 3.40. The minimum Gasteiger partial charge on any atom is -0.271 e. The van der Waals surface area contributed by atoms with Crippen molar-refractivity contribution in [3.8, 4) is 0 Å². The summed E-state index contributed by atoms with van der Waals surface area (Å²) in [5.74, 6) is 0.758. The van der Waals surface area contributed by atoms with Crippen molar-refractivity contribution in [3.05, 3.63) is 16.4 Å². The monoisotopic (exact) mass is 228 g/mol. The Balaban J connectivity index is 2.25.